The zero-order chi connectivity index (χ0) is 10.6. The van der Waals surface area contributed by atoms with Crippen LogP contribution in [0.25, 0.3) is 0 Å². The average Bonchev–Trinajstić information content (AvgIpc) is 2.18. The Morgan fingerprint density at radius 1 is 1.57 bits per heavy atom. The molecule has 14 heavy (non-hydrogen) atoms. The average molecular weight is 200 g/mol. The maximum atomic E-state index is 11.4. The van der Waals surface area contributed by atoms with E-state index >= 15 is 0 Å². The van der Waals surface area contributed by atoms with Crippen molar-refractivity contribution in [1.82, 2.24) is 4.90 Å². The number of ether oxygens (including phenoxy) is 1. The number of amides is 2. The molecule has 1 rings (SSSR count). The molecule has 2 N–H and O–H groups in total. The molecule has 1 fully saturated rings. The molecule has 80 valence electrons. The fourth-order valence-corrected chi connectivity index (χ4v) is 1.63. The van der Waals surface area contributed by atoms with Gasteiger partial charge in [0.15, 0.2) is 0 Å². The summed E-state index contributed by atoms with van der Waals surface area (Å²) in [4.78, 5) is 23.7. The number of urea groups is 1. The first-order valence-electron chi connectivity index (χ1n) is 4.86. The SMILES string of the molecule is CCOC(=O)C1CCCN(C(N)=O)C1. The zero-order valence-corrected chi connectivity index (χ0v) is 8.36. The molecule has 0 aliphatic carbocycles. The molecule has 0 saturated carbocycles. The molecule has 0 spiro atoms. The van der Waals surface area contributed by atoms with Gasteiger partial charge in [0.1, 0.15) is 0 Å². The van der Waals surface area contributed by atoms with E-state index in [1.54, 1.807) is 6.92 Å². The predicted molar refractivity (Wildman–Crippen MR) is 50.5 cm³/mol. The predicted octanol–water partition coefficient (Wildman–Crippen LogP) is 0.340. The van der Waals surface area contributed by atoms with E-state index in [0.717, 1.165) is 12.8 Å². The number of hydrogen-bond acceptors (Lipinski definition) is 3. The van der Waals surface area contributed by atoms with Crippen molar-refractivity contribution in [1.29, 1.82) is 0 Å². The number of hydrogen-bond donors (Lipinski definition) is 1. The zero-order valence-electron chi connectivity index (χ0n) is 8.36. The highest BCUT2D eigenvalue weighted by atomic mass is 16.5. The lowest BCUT2D eigenvalue weighted by Gasteiger charge is -2.29. The van der Waals surface area contributed by atoms with Gasteiger partial charge in [-0.1, -0.05) is 0 Å². The minimum Gasteiger partial charge on any atom is -0.466 e. The van der Waals surface area contributed by atoms with Crippen LogP contribution in [0.4, 0.5) is 4.79 Å². The topological polar surface area (TPSA) is 72.6 Å². The molecule has 2 amide bonds. The number of esters is 1. The number of carbonyl (C=O) groups is 2. The summed E-state index contributed by atoms with van der Waals surface area (Å²) in [6.45, 7) is 3.19. The Morgan fingerprint density at radius 2 is 2.29 bits per heavy atom. The van der Waals surface area contributed by atoms with Crippen molar-refractivity contribution >= 4 is 12.0 Å². The second-order valence-corrected chi connectivity index (χ2v) is 3.38. The Morgan fingerprint density at radius 3 is 2.86 bits per heavy atom. The van der Waals surface area contributed by atoms with Crippen molar-refractivity contribution in [2.75, 3.05) is 19.7 Å². The van der Waals surface area contributed by atoms with Gasteiger partial charge in [-0.05, 0) is 19.8 Å². The summed E-state index contributed by atoms with van der Waals surface area (Å²) in [7, 11) is 0. The number of nitrogens with zero attached hydrogens (tertiary/aromatic N) is 1. The van der Waals surface area contributed by atoms with Gasteiger partial charge in [-0.15, -0.1) is 0 Å². The van der Waals surface area contributed by atoms with Gasteiger partial charge in [0.05, 0.1) is 12.5 Å². The molecule has 0 radical (unpaired) electrons. The number of piperidine rings is 1. The Balaban J connectivity index is 2.47. The third-order valence-electron chi connectivity index (χ3n) is 2.35. The minimum absolute atomic E-state index is 0.198. The molecule has 1 aliphatic rings. The van der Waals surface area contributed by atoms with Crippen LogP contribution in [0.5, 0.6) is 0 Å². The molecule has 5 heteroatoms. The fraction of sp³-hybridized carbons (Fsp3) is 0.778. The maximum Gasteiger partial charge on any atom is 0.314 e. The van der Waals surface area contributed by atoms with Gasteiger partial charge < -0.3 is 15.4 Å². The first-order chi connectivity index (χ1) is 6.65. The lowest BCUT2D eigenvalue weighted by molar-refractivity contribution is -0.149. The Kier molecular flexibility index (Phi) is 3.73. The molecule has 1 unspecified atom stereocenters. The quantitative estimate of drug-likeness (QED) is 0.653. The summed E-state index contributed by atoms with van der Waals surface area (Å²) in [6.07, 6.45) is 1.59. The van der Waals surface area contributed by atoms with Crippen molar-refractivity contribution in [3.05, 3.63) is 0 Å². The lowest BCUT2D eigenvalue weighted by atomic mass is 9.98. The van der Waals surface area contributed by atoms with E-state index in [1.165, 1.54) is 4.90 Å². The molecule has 0 aromatic rings. The normalized spacial score (nSPS) is 21.8. The van der Waals surface area contributed by atoms with E-state index in [-0.39, 0.29) is 11.9 Å². The van der Waals surface area contributed by atoms with Crippen molar-refractivity contribution in [2.45, 2.75) is 19.8 Å². The molecule has 5 nitrogen and oxygen atoms in total. The van der Waals surface area contributed by atoms with Crippen LogP contribution < -0.4 is 5.73 Å². The number of primary amides is 1. The molecule has 1 saturated heterocycles. The third kappa shape index (κ3) is 2.61. The number of rotatable bonds is 2. The van der Waals surface area contributed by atoms with E-state index in [2.05, 4.69) is 0 Å². The van der Waals surface area contributed by atoms with Crippen LogP contribution in [0.3, 0.4) is 0 Å². The first-order valence-corrected chi connectivity index (χ1v) is 4.86. The highest BCUT2D eigenvalue weighted by molar-refractivity contribution is 5.76. The van der Waals surface area contributed by atoms with Gasteiger partial charge in [0.25, 0.3) is 0 Å². The summed E-state index contributed by atoms with van der Waals surface area (Å²) in [5, 5.41) is 0. The van der Waals surface area contributed by atoms with E-state index in [9.17, 15) is 9.59 Å². The summed E-state index contributed by atoms with van der Waals surface area (Å²) < 4.78 is 4.89. The first kappa shape index (κ1) is 10.8. The molecule has 1 atom stereocenters. The van der Waals surface area contributed by atoms with Crippen LogP contribution in [0.2, 0.25) is 0 Å². The summed E-state index contributed by atoms with van der Waals surface area (Å²) in [5.41, 5.74) is 5.14. The van der Waals surface area contributed by atoms with Crippen molar-refractivity contribution in [3.63, 3.8) is 0 Å². The molecular weight excluding hydrogens is 184 g/mol. The summed E-state index contributed by atoms with van der Waals surface area (Å²) in [5.74, 6) is -0.422. The summed E-state index contributed by atoms with van der Waals surface area (Å²) >= 11 is 0. The smallest absolute Gasteiger partial charge is 0.314 e. The van der Waals surface area contributed by atoms with Crippen molar-refractivity contribution in [3.8, 4) is 0 Å². The van der Waals surface area contributed by atoms with Crippen molar-refractivity contribution in [2.24, 2.45) is 11.7 Å². The van der Waals surface area contributed by atoms with Gasteiger partial charge in [0, 0.05) is 13.1 Å². The number of likely N-dealkylation sites (tertiary alicyclic amines) is 1. The fourth-order valence-electron chi connectivity index (χ4n) is 1.63. The van der Waals surface area contributed by atoms with Crippen LogP contribution in [0.1, 0.15) is 19.8 Å². The standard InChI is InChI=1S/C9H16N2O3/c1-2-14-8(12)7-4-3-5-11(6-7)9(10)13/h7H,2-6H2,1H3,(H2,10,13). The number of nitrogens with two attached hydrogens (primary N) is 1. The molecule has 0 aromatic carbocycles. The largest absolute Gasteiger partial charge is 0.466 e. The van der Waals surface area contributed by atoms with Gasteiger partial charge >= 0.3 is 12.0 Å². The maximum absolute atomic E-state index is 11.4. The van der Waals surface area contributed by atoms with Gasteiger partial charge in [-0.2, -0.15) is 0 Å². The van der Waals surface area contributed by atoms with Crippen LogP contribution in [0, 0.1) is 5.92 Å². The Hall–Kier alpha value is -1.26. The lowest BCUT2D eigenvalue weighted by Crippen LogP contribution is -2.45. The van der Waals surface area contributed by atoms with Crippen LogP contribution >= 0.6 is 0 Å². The highest BCUT2D eigenvalue weighted by Gasteiger charge is 2.28. The van der Waals surface area contributed by atoms with Gasteiger partial charge in [-0.3, -0.25) is 4.79 Å². The van der Waals surface area contributed by atoms with Gasteiger partial charge in [0.2, 0.25) is 0 Å². The Bertz CT molecular complexity index is 230. The van der Waals surface area contributed by atoms with Crippen LogP contribution in [-0.4, -0.2) is 36.6 Å². The number of carbonyl (C=O) groups excluding carboxylic acids is 2. The monoisotopic (exact) mass is 200 g/mol. The molecule has 0 aromatic heterocycles. The Labute approximate surface area is 83.2 Å². The minimum atomic E-state index is -0.459. The second-order valence-electron chi connectivity index (χ2n) is 3.38. The van der Waals surface area contributed by atoms with E-state index in [0.29, 0.717) is 19.7 Å². The third-order valence-corrected chi connectivity index (χ3v) is 2.35. The van der Waals surface area contributed by atoms with Crippen LogP contribution in [0.15, 0.2) is 0 Å². The highest BCUT2D eigenvalue weighted by Crippen LogP contribution is 2.17. The van der Waals surface area contributed by atoms with E-state index < -0.39 is 6.03 Å². The van der Waals surface area contributed by atoms with Crippen LogP contribution in [-0.2, 0) is 9.53 Å². The molecule has 1 heterocycles. The second kappa shape index (κ2) is 4.83. The van der Waals surface area contributed by atoms with E-state index in [1.807, 2.05) is 0 Å². The van der Waals surface area contributed by atoms with E-state index in [4.69, 9.17) is 10.5 Å². The van der Waals surface area contributed by atoms with Gasteiger partial charge in [-0.25, -0.2) is 4.79 Å². The van der Waals surface area contributed by atoms with Crippen molar-refractivity contribution < 1.29 is 14.3 Å². The molecule has 0 bridgehead atoms. The molecule has 1 aliphatic heterocycles. The summed E-state index contributed by atoms with van der Waals surface area (Å²) in [6, 6.07) is -0.459. The molecular formula is C9H16N2O3.